The van der Waals surface area contributed by atoms with Crippen LogP contribution in [-0.2, 0) is 0 Å². The first kappa shape index (κ1) is 15.6. The highest BCUT2D eigenvalue weighted by atomic mass is 35.5. The van der Waals surface area contributed by atoms with Crippen LogP contribution in [0.1, 0.15) is 20.1 Å². The number of rotatable bonds is 6. The van der Waals surface area contributed by atoms with Crippen molar-refractivity contribution in [1.82, 2.24) is 9.55 Å². The molecule has 1 heterocycles. The number of halogens is 1. The van der Waals surface area contributed by atoms with Gasteiger partial charge in [0.2, 0.25) is 6.23 Å². The Morgan fingerprint density at radius 3 is 2.57 bits per heavy atom. The third kappa shape index (κ3) is 3.65. The first-order chi connectivity index (χ1) is 9.94. The standard InChI is InChI=1S/C16H19ClN2O2/c1-4-16(2,3)14(20)15(19-10-9-18-11-19)21-13-7-5-12(17)6-8-13/h4-11,14-15,20H,1H2,2-3H3. The van der Waals surface area contributed by atoms with Gasteiger partial charge in [0.1, 0.15) is 11.9 Å². The number of aliphatic hydroxyl groups excluding tert-OH is 1. The van der Waals surface area contributed by atoms with Gasteiger partial charge in [0.05, 0.1) is 6.33 Å². The molecule has 2 rings (SSSR count). The summed E-state index contributed by atoms with van der Waals surface area (Å²) in [6, 6.07) is 7.01. The van der Waals surface area contributed by atoms with Gasteiger partial charge in [-0.05, 0) is 24.3 Å². The number of nitrogens with zero attached hydrogens (tertiary/aromatic N) is 2. The Balaban J connectivity index is 2.29. The van der Waals surface area contributed by atoms with E-state index in [-0.39, 0.29) is 0 Å². The molecule has 0 fully saturated rings. The normalized spacial score (nSPS) is 14.5. The molecule has 2 unspecified atom stereocenters. The van der Waals surface area contributed by atoms with Crippen LogP contribution >= 0.6 is 11.6 Å². The molecule has 0 aliphatic carbocycles. The maximum absolute atomic E-state index is 10.7. The van der Waals surface area contributed by atoms with Crippen molar-refractivity contribution in [3.05, 3.63) is 60.7 Å². The van der Waals surface area contributed by atoms with Gasteiger partial charge in [-0.1, -0.05) is 31.5 Å². The summed E-state index contributed by atoms with van der Waals surface area (Å²) in [4.78, 5) is 4.01. The Bertz CT molecular complexity index is 579. The zero-order valence-corrected chi connectivity index (χ0v) is 12.9. The van der Waals surface area contributed by atoms with Crippen LogP contribution in [0.5, 0.6) is 5.75 Å². The van der Waals surface area contributed by atoms with Crippen LogP contribution in [0.25, 0.3) is 0 Å². The molecule has 112 valence electrons. The van der Waals surface area contributed by atoms with E-state index < -0.39 is 17.7 Å². The smallest absolute Gasteiger partial charge is 0.203 e. The molecule has 0 saturated carbocycles. The van der Waals surface area contributed by atoms with Gasteiger partial charge in [0.15, 0.2) is 0 Å². The maximum atomic E-state index is 10.7. The lowest BCUT2D eigenvalue weighted by Crippen LogP contribution is -2.38. The summed E-state index contributed by atoms with van der Waals surface area (Å²) in [7, 11) is 0. The quantitative estimate of drug-likeness (QED) is 0.828. The van der Waals surface area contributed by atoms with Crippen molar-refractivity contribution in [1.29, 1.82) is 0 Å². The van der Waals surface area contributed by atoms with Crippen LogP contribution in [0.3, 0.4) is 0 Å². The van der Waals surface area contributed by atoms with E-state index in [0.29, 0.717) is 10.8 Å². The summed E-state index contributed by atoms with van der Waals surface area (Å²) in [6.45, 7) is 7.58. The van der Waals surface area contributed by atoms with Crippen LogP contribution in [0.2, 0.25) is 5.02 Å². The third-order valence-electron chi connectivity index (χ3n) is 3.45. The number of imidazole rings is 1. The monoisotopic (exact) mass is 306 g/mol. The molecular weight excluding hydrogens is 288 g/mol. The number of hydrogen-bond acceptors (Lipinski definition) is 3. The fraction of sp³-hybridized carbons (Fsp3) is 0.312. The second kappa shape index (κ2) is 6.33. The number of ether oxygens (including phenoxy) is 1. The fourth-order valence-corrected chi connectivity index (χ4v) is 1.98. The highest BCUT2D eigenvalue weighted by molar-refractivity contribution is 6.30. The van der Waals surface area contributed by atoms with E-state index >= 15 is 0 Å². The lowest BCUT2D eigenvalue weighted by atomic mass is 9.85. The molecule has 0 aliphatic rings. The van der Waals surface area contributed by atoms with Gasteiger partial charge in [-0.2, -0.15) is 0 Å². The molecular formula is C16H19ClN2O2. The van der Waals surface area contributed by atoms with Gasteiger partial charge < -0.3 is 9.84 Å². The molecule has 0 aliphatic heterocycles. The lowest BCUT2D eigenvalue weighted by molar-refractivity contribution is -0.0575. The average Bonchev–Trinajstić information content (AvgIpc) is 3.00. The van der Waals surface area contributed by atoms with Gasteiger partial charge in [-0.15, -0.1) is 6.58 Å². The molecule has 0 bridgehead atoms. The van der Waals surface area contributed by atoms with Gasteiger partial charge in [0.25, 0.3) is 0 Å². The highest BCUT2D eigenvalue weighted by Crippen LogP contribution is 2.32. The van der Waals surface area contributed by atoms with Crippen molar-refractivity contribution < 1.29 is 9.84 Å². The van der Waals surface area contributed by atoms with E-state index in [2.05, 4.69) is 11.6 Å². The summed E-state index contributed by atoms with van der Waals surface area (Å²) in [5.74, 6) is 0.622. The number of aliphatic hydroxyl groups is 1. The molecule has 1 aromatic carbocycles. The SMILES string of the molecule is C=CC(C)(C)C(O)C(Oc1ccc(Cl)cc1)n1ccnc1. The molecule has 0 radical (unpaired) electrons. The summed E-state index contributed by atoms with van der Waals surface area (Å²) < 4.78 is 7.66. The topological polar surface area (TPSA) is 47.3 Å². The van der Waals surface area contributed by atoms with E-state index in [1.54, 1.807) is 53.6 Å². The molecule has 5 heteroatoms. The van der Waals surface area contributed by atoms with Gasteiger partial charge >= 0.3 is 0 Å². The third-order valence-corrected chi connectivity index (χ3v) is 3.70. The van der Waals surface area contributed by atoms with Crippen molar-refractivity contribution in [2.45, 2.75) is 26.2 Å². The summed E-state index contributed by atoms with van der Waals surface area (Å²) in [5.41, 5.74) is -0.513. The Kier molecular flexibility index (Phi) is 4.70. The zero-order valence-electron chi connectivity index (χ0n) is 12.1. The van der Waals surface area contributed by atoms with E-state index in [0.717, 1.165) is 0 Å². The molecule has 2 aromatic rings. The van der Waals surface area contributed by atoms with Crippen LogP contribution in [0, 0.1) is 5.41 Å². The van der Waals surface area contributed by atoms with Crippen molar-refractivity contribution in [2.75, 3.05) is 0 Å². The van der Waals surface area contributed by atoms with E-state index in [1.165, 1.54) is 0 Å². The Hall–Kier alpha value is -1.78. The van der Waals surface area contributed by atoms with Gasteiger partial charge in [0, 0.05) is 22.8 Å². The predicted molar refractivity (Wildman–Crippen MR) is 83.3 cm³/mol. The van der Waals surface area contributed by atoms with Crippen LogP contribution < -0.4 is 4.74 Å². The molecule has 1 aromatic heterocycles. The molecule has 0 spiro atoms. The van der Waals surface area contributed by atoms with Crippen molar-refractivity contribution in [3.8, 4) is 5.75 Å². The summed E-state index contributed by atoms with van der Waals surface area (Å²) >= 11 is 5.87. The van der Waals surface area contributed by atoms with Crippen molar-refractivity contribution in [2.24, 2.45) is 5.41 Å². The Morgan fingerprint density at radius 2 is 2.05 bits per heavy atom. The van der Waals surface area contributed by atoms with Gasteiger partial charge in [-0.25, -0.2) is 4.98 Å². The number of benzene rings is 1. The first-order valence-electron chi connectivity index (χ1n) is 6.65. The molecule has 21 heavy (non-hydrogen) atoms. The van der Waals surface area contributed by atoms with E-state index in [4.69, 9.17) is 16.3 Å². The zero-order chi connectivity index (χ0) is 15.5. The van der Waals surface area contributed by atoms with E-state index in [1.807, 2.05) is 13.8 Å². The minimum atomic E-state index is -0.792. The average molecular weight is 307 g/mol. The Morgan fingerprint density at radius 1 is 1.38 bits per heavy atom. The summed E-state index contributed by atoms with van der Waals surface area (Å²) in [5, 5.41) is 11.3. The van der Waals surface area contributed by atoms with E-state index in [9.17, 15) is 5.11 Å². The minimum absolute atomic E-state index is 0.513. The van der Waals surface area contributed by atoms with Crippen LogP contribution in [-0.4, -0.2) is 20.8 Å². The lowest BCUT2D eigenvalue weighted by Gasteiger charge is -2.34. The molecule has 0 saturated heterocycles. The minimum Gasteiger partial charge on any atom is -0.467 e. The summed E-state index contributed by atoms with van der Waals surface area (Å²) in [6.07, 6.45) is 5.33. The molecule has 2 atom stereocenters. The van der Waals surface area contributed by atoms with Crippen LogP contribution in [0.15, 0.2) is 55.6 Å². The van der Waals surface area contributed by atoms with Crippen molar-refractivity contribution >= 4 is 11.6 Å². The number of hydrogen-bond donors (Lipinski definition) is 1. The fourth-order valence-electron chi connectivity index (χ4n) is 1.85. The largest absolute Gasteiger partial charge is 0.467 e. The molecule has 1 N–H and O–H groups in total. The molecule has 4 nitrogen and oxygen atoms in total. The maximum Gasteiger partial charge on any atom is 0.203 e. The first-order valence-corrected chi connectivity index (χ1v) is 7.03. The van der Waals surface area contributed by atoms with Crippen LogP contribution in [0.4, 0.5) is 0 Å². The Labute approximate surface area is 129 Å². The predicted octanol–water partition coefficient (Wildman–Crippen LogP) is 3.69. The van der Waals surface area contributed by atoms with Gasteiger partial charge in [-0.3, -0.25) is 4.57 Å². The highest BCUT2D eigenvalue weighted by Gasteiger charge is 2.34. The van der Waals surface area contributed by atoms with Crippen molar-refractivity contribution in [3.63, 3.8) is 0 Å². The second-order valence-corrected chi connectivity index (χ2v) is 5.88. The number of aromatic nitrogens is 2. The second-order valence-electron chi connectivity index (χ2n) is 5.44. The molecule has 0 amide bonds.